The molecule has 2 rings (SSSR count). The number of methoxy groups -OCH3 is 1. The van der Waals surface area contributed by atoms with E-state index in [-0.39, 0.29) is 5.75 Å². The van der Waals surface area contributed by atoms with Crippen molar-refractivity contribution in [3.63, 3.8) is 0 Å². The molecule has 2 atom stereocenters. The van der Waals surface area contributed by atoms with Crippen LogP contribution in [-0.2, 0) is 11.3 Å². The highest BCUT2D eigenvalue weighted by molar-refractivity contribution is 5.27. The third-order valence-corrected chi connectivity index (χ3v) is 3.46. The Bertz CT molecular complexity index is 384. The monoisotopic (exact) mass is 271 g/mol. The van der Waals surface area contributed by atoms with Gasteiger partial charge in [-0.2, -0.15) is 8.78 Å². The molecule has 1 aliphatic carbocycles. The zero-order valence-electron chi connectivity index (χ0n) is 10.9. The Morgan fingerprint density at radius 2 is 2.00 bits per heavy atom. The Kier molecular flexibility index (Phi) is 5.10. The van der Waals surface area contributed by atoms with Crippen molar-refractivity contribution >= 4 is 0 Å². The lowest BCUT2D eigenvalue weighted by Gasteiger charge is -2.13. The van der Waals surface area contributed by atoms with Gasteiger partial charge < -0.3 is 14.8 Å². The normalized spacial score (nSPS) is 22.9. The Morgan fingerprint density at radius 3 is 2.58 bits per heavy atom. The number of rotatable bonds is 6. The highest BCUT2D eigenvalue weighted by Gasteiger charge is 2.23. The summed E-state index contributed by atoms with van der Waals surface area (Å²) in [6, 6.07) is 7.20. The van der Waals surface area contributed by atoms with E-state index in [1.807, 2.05) is 0 Å². The van der Waals surface area contributed by atoms with Crippen molar-refractivity contribution in [3.05, 3.63) is 29.8 Å². The van der Waals surface area contributed by atoms with E-state index in [1.54, 1.807) is 31.4 Å². The summed E-state index contributed by atoms with van der Waals surface area (Å²) < 4.78 is 33.6. The Morgan fingerprint density at radius 1 is 1.26 bits per heavy atom. The first-order valence-corrected chi connectivity index (χ1v) is 6.47. The maximum Gasteiger partial charge on any atom is 0.387 e. The molecule has 19 heavy (non-hydrogen) atoms. The van der Waals surface area contributed by atoms with Gasteiger partial charge in [-0.05, 0) is 37.0 Å². The number of benzene rings is 1. The molecule has 106 valence electrons. The molecule has 1 fully saturated rings. The lowest BCUT2D eigenvalue weighted by Crippen LogP contribution is -2.26. The van der Waals surface area contributed by atoms with Crippen LogP contribution in [0.3, 0.4) is 0 Å². The minimum atomic E-state index is -2.77. The van der Waals surface area contributed by atoms with Crippen molar-refractivity contribution in [2.24, 2.45) is 0 Å². The predicted molar refractivity (Wildman–Crippen MR) is 68.3 cm³/mol. The number of hydrogen-bond acceptors (Lipinski definition) is 3. The van der Waals surface area contributed by atoms with E-state index in [1.165, 1.54) is 0 Å². The minimum absolute atomic E-state index is 0.194. The molecule has 0 aliphatic heterocycles. The maximum absolute atomic E-state index is 12.0. The summed E-state index contributed by atoms with van der Waals surface area (Å²) in [4.78, 5) is 0. The van der Waals surface area contributed by atoms with E-state index < -0.39 is 6.61 Å². The first kappa shape index (κ1) is 14.2. The molecule has 0 amide bonds. The topological polar surface area (TPSA) is 30.5 Å². The fraction of sp³-hybridized carbons (Fsp3) is 0.571. The van der Waals surface area contributed by atoms with Crippen molar-refractivity contribution in [3.8, 4) is 5.75 Å². The predicted octanol–water partition coefficient (Wildman–Crippen LogP) is 2.95. The smallest absolute Gasteiger partial charge is 0.387 e. The number of alkyl halides is 2. The summed E-state index contributed by atoms with van der Waals surface area (Å²) in [5.74, 6) is 0.194. The minimum Gasteiger partial charge on any atom is -0.435 e. The van der Waals surface area contributed by atoms with E-state index in [0.717, 1.165) is 31.4 Å². The first-order chi connectivity index (χ1) is 9.17. The van der Waals surface area contributed by atoms with Gasteiger partial charge in [0, 0.05) is 19.7 Å². The lowest BCUT2D eigenvalue weighted by atomic mass is 10.2. The molecule has 1 aromatic carbocycles. The van der Waals surface area contributed by atoms with Crippen LogP contribution >= 0.6 is 0 Å². The van der Waals surface area contributed by atoms with Crippen LogP contribution in [0.15, 0.2) is 24.3 Å². The van der Waals surface area contributed by atoms with Gasteiger partial charge >= 0.3 is 6.61 Å². The standard InChI is InChI=1S/C14H19F2NO2/c1-18-13-7-4-11(8-13)17-9-10-2-5-12(6-3-10)19-14(15)16/h2-3,5-6,11,13-14,17H,4,7-9H2,1H3. The molecule has 0 spiro atoms. The molecule has 0 saturated heterocycles. The van der Waals surface area contributed by atoms with Gasteiger partial charge in [0.15, 0.2) is 0 Å². The largest absolute Gasteiger partial charge is 0.435 e. The molecule has 1 aliphatic rings. The molecule has 5 heteroatoms. The van der Waals surface area contributed by atoms with Crippen LogP contribution < -0.4 is 10.1 Å². The van der Waals surface area contributed by atoms with Gasteiger partial charge in [0.1, 0.15) is 5.75 Å². The Balaban J connectivity index is 1.77. The fourth-order valence-corrected chi connectivity index (χ4v) is 2.39. The Labute approximate surface area is 111 Å². The number of hydrogen-bond donors (Lipinski definition) is 1. The second kappa shape index (κ2) is 6.82. The Hall–Kier alpha value is -1.20. The molecular weight excluding hydrogens is 252 g/mol. The fourth-order valence-electron chi connectivity index (χ4n) is 2.39. The molecule has 0 radical (unpaired) electrons. The third-order valence-electron chi connectivity index (χ3n) is 3.46. The summed E-state index contributed by atoms with van der Waals surface area (Å²) in [6.45, 7) is -2.04. The SMILES string of the molecule is COC1CCC(NCc2ccc(OC(F)F)cc2)C1. The second-order valence-corrected chi connectivity index (χ2v) is 4.77. The third kappa shape index (κ3) is 4.44. The van der Waals surface area contributed by atoms with E-state index in [4.69, 9.17) is 4.74 Å². The van der Waals surface area contributed by atoms with E-state index >= 15 is 0 Å². The molecule has 0 aromatic heterocycles. The van der Waals surface area contributed by atoms with Gasteiger partial charge in [-0.15, -0.1) is 0 Å². The molecule has 0 bridgehead atoms. The van der Waals surface area contributed by atoms with Crippen molar-refractivity contribution in [1.82, 2.24) is 5.32 Å². The average Bonchev–Trinajstić information content (AvgIpc) is 2.85. The van der Waals surface area contributed by atoms with Gasteiger partial charge in [0.05, 0.1) is 6.10 Å². The van der Waals surface area contributed by atoms with Gasteiger partial charge in [0.2, 0.25) is 0 Å². The first-order valence-electron chi connectivity index (χ1n) is 6.47. The van der Waals surface area contributed by atoms with Gasteiger partial charge in [0.25, 0.3) is 0 Å². The van der Waals surface area contributed by atoms with Crippen LogP contribution in [0.25, 0.3) is 0 Å². The molecule has 0 heterocycles. The molecule has 1 aromatic rings. The van der Waals surface area contributed by atoms with Crippen LogP contribution in [0, 0.1) is 0 Å². The molecule has 2 unspecified atom stereocenters. The van der Waals surface area contributed by atoms with Crippen molar-refractivity contribution in [1.29, 1.82) is 0 Å². The van der Waals surface area contributed by atoms with Crippen LogP contribution in [0.4, 0.5) is 8.78 Å². The highest BCUT2D eigenvalue weighted by Crippen LogP contribution is 2.22. The summed E-state index contributed by atoms with van der Waals surface area (Å²) in [5, 5.41) is 3.45. The zero-order valence-corrected chi connectivity index (χ0v) is 10.9. The maximum atomic E-state index is 12.0. The van der Waals surface area contributed by atoms with Gasteiger partial charge in [-0.3, -0.25) is 0 Å². The number of nitrogens with one attached hydrogen (secondary N) is 1. The average molecular weight is 271 g/mol. The molecular formula is C14H19F2NO2. The molecule has 1 N–H and O–H groups in total. The molecule has 1 saturated carbocycles. The highest BCUT2D eigenvalue weighted by atomic mass is 19.3. The van der Waals surface area contributed by atoms with E-state index in [0.29, 0.717) is 12.1 Å². The quantitative estimate of drug-likeness (QED) is 0.863. The van der Waals surface area contributed by atoms with Crippen LogP contribution in [0.5, 0.6) is 5.75 Å². The zero-order chi connectivity index (χ0) is 13.7. The van der Waals surface area contributed by atoms with Crippen LogP contribution in [-0.4, -0.2) is 25.9 Å². The second-order valence-electron chi connectivity index (χ2n) is 4.77. The van der Waals surface area contributed by atoms with E-state index in [9.17, 15) is 8.78 Å². The lowest BCUT2D eigenvalue weighted by molar-refractivity contribution is -0.0498. The van der Waals surface area contributed by atoms with Crippen molar-refractivity contribution in [2.45, 2.75) is 44.6 Å². The van der Waals surface area contributed by atoms with E-state index in [2.05, 4.69) is 10.1 Å². The summed E-state index contributed by atoms with van der Waals surface area (Å²) in [7, 11) is 1.74. The molecule has 3 nitrogen and oxygen atoms in total. The summed E-state index contributed by atoms with van der Waals surface area (Å²) in [5.41, 5.74) is 1.06. The summed E-state index contributed by atoms with van der Waals surface area (Å²) in [6.07, 6.45) is 3.60. The number of ether oxygens (including phenoxy) is 2. The number of halogens is 2. The van der Waals surface area contributed by atoms with Gasteiger partial charge in [-0.25, -0.2) is 0 Å². The van der Waals surface area contributed by atoms with Crippen LogP contribution in [0.1, 0.15) is 24.8 Å². The van der Waals surface area contributed by atoms with Crippen molar-refractivity contribution in [2.75, 3.05) is 7.11 Å². The summed E-state index contributed by atoms with van der Waals surface area (Å²) >= 11 is 0. The van der Waals surface area contributed by atoms with Crippen molar-refractivity contribution < 1.29 is 18.3 Å². The van der Waals surface area contributed by atoms with Crippen LogP contribution in [0.2, 0.25) is 0 Å². The van der Waals surface area contributed by atoms with Gasteiger partial charge in [-0.1, -0.05) is 12.1 Å².